The minimum absolute atomic E-state index is 0.179. The Labute approximate surface area is 153 Å². The summed E-state index contributed by atoms with van der Waals surface area (Å²) >= 11 is 0. The molecule has 1 aliphatic heterocycles. The van der Waals surface area contributed by atoms with Gasteiger partial charge in [0.05, 0.1) is 17.1 Å². The number of carbonyl (C=O) groups excluding carboxylic acids is 2. The van der Waals surface area contributed by atoms with Crippen LogP contribution in [0.3, 0.4) is 0 Å². The lowest BCUT2D eigenvalue weighted by molar-refractivity contribution is -0.126. The van der Waals surface area contributed by atoms with Gasteiger partial charge in [-0.15, -0.1) is 0 Å². The van der Waals surface area contributed by atoms with E-state index in [4.69, 9.17) is 4.74 Å². The van der Waals surface area contributed by atoms with E-state index in [2.05, 4.69) is 15.3 Å². The lowest BCUT2D eigenvalue weighted by Gasteiger charge is -2.28. The van der Waals surface area contributed by atoms with Gasteiger partial charge < -0.3 is 15.0 Å². The molecule has 2 heterocycles. The number of para-hydroxylation sites is 2. The molecule has 140 valence electrons. The summed E-state index contributed by atoms with van der Waals surface area (Å²) in [5, 5.41) is 2.96. The van der Waals surface area contributed by atoms with Gasteiger partial charge in [0.25, 0.3) is 0 Å². The highest BCUT2D eigenvalue weighted by Gasteiger charge is 2.37. The number of likely N-dealkylation sites (tertiary alicyclic amines) is 1. The van der Waals surface area contributed by atoms with Crippen LogP contribution in [-0.4, -0.2) is 45.1 Å². The largest absolute Gasteiger partial charge is 0.444 e. The van der Waals surface area contributed by atoms with Crippen molar-refractivity contribution in [2.45, 2.75) is 58.2 Å². The number of carbonyl (C=O) groups is 2. The number of aromatic nitrogens is 2. The molecule has 2 unspecified atom stereocenters. The summed E-state index contributed by atoms with van der Waals surface area (Å²) < 4.78 is 5.42. The van der Waals surface area contributed by atoms with Crippen LogP contribution >= 0.6 is 0 Å². The first-order valence-corrected chi connectivity index (χ1v) is 8.99. The fourth-order valence-corrected chi connectivity index (χ4v) is 3.13. The van der Waals surface area contributed by atoms with E-state index in [1.54, 1.807) is 0 Å². The molecule has 3 rings (SSSR count). The molecule has 0 spiro atoms. The number of hydrogen-bond acceptors (Lipinski definition) is 4. The number of imidazole rings is 1. The zero-order valence-corrected chi connectivity index (χ0v) is 15.7. The smallest absolute Gasteiger partial charge is 0.410 e. The van der Waals surface area contributed by atoms with E-state index in [0.29, 0.717) is 18.8 Å². The SMILES string of the molecule is CC(NC(=O)C1CCCN1C(=O)OC(C)(C)C)c1nc2ccccc2[nH]1. The molecule has 0 bridgehead atoms. The van der Waals surface area contributed by atoms with Gasteiger partial charge >= 0.3 is 6.09 Å². The summed E-state index contributed by atoms with van der Waals surface area (Å²) in [4.78, 5) is 34.3. The number of nitrogens with zero attached hydrogens (tertiary/aromatic N) is 2. The molecule has 1 aromatic carbocycles. The van der Waals surface area contributed by atoms with E-state index < -0.39 is 17.7 Å². The molecule has 7 nitrogen and oxygen atoms in total. The van der Waals surface area contributed by atoms with Gasteiger partial charge in [-0.1, -0.05) is 12.1 Å². The standard InChI is InChI=1S/C19H26N4O3/c1-12(16-21-13-8-5-6-9-14(13)22-16)20-17(24)15-10-7-11-23(15)18(25)26-19(2,3)4/h5-6,8-9,12,15H,7,10-11H2,1-4H3,(H,20,24)(H,21,22). The van der Waals surface area contributed by atoms with Gasteiger partial charge in [0, 0.05) is 6.54 Å². The predicted molar refractivity (Wildman–Crippen MR) is 98.6 cm³/mol. The maximum atomic E-state index is 12.7. The lowest BCUT2D eigenvalue weighted by Crippen LogP contribution is -2.48. The van der Waals surface area contributed by atoms with Crippen molar-refractivity contribution in [3.8, 4) is 0 Å². The number of fused-ring (bicyclic) bond motifs is 1. The van der Waals surface area contributed by atoms with Crippen LogP contribution in [0.15, 0.2) is 24.3 Å². The van der Waals surface area contributed by atoms with E-state index in [1.807, 2.05) is 52.0 Å². The topological polar surface area (TPSA) is 87.3 Å². The normalized spacial score (nSPS) is 18.8. The fraction of sp³-hybridized carbons (Fsp3) is 0.526. The number of nitrogens with one attached hydrogen (secondary N) is 2. The number of ether oxygens (including phenoxy) is 1. The van der Waals surface area contributed by atoms with Crippen molar-refractivity contribution < 1.29 is 14.3 Å². The van der Waals surface area contributed by atoms with Gasteiger partial charge in [-0.2, -0.15) is 0 Å². The van der Waals surface area contributed by atoms with Gasteiger partial charge in [0.2, 0.25) is 5.91 Å². The first-order chi connectivity index (χ1) is 12.2. The van der Waals surface area contributed by atoms with Crippen LogP contribution in [0.25, 0.3) is 11.0 Å². The highest BCUT2D eigenvalue weighted by molar-refractivity contribution is 5.86. The van der Waals surface area contributed by atoms with Crippen LogP contribution in [-0.2, 0) is 9.53 Å². The molecule has 2 aromatic rings. The summed E-state index contributed by atoms with van der Waals surface area (Å²) in [5.74, 6) is 0.516. The van der Waals surface area contributed by atoms with Crippen molar-refractivity contribution in [3.05, 3.63) is 30.1 Å². The van der Waals surface area contributed by atoms with Crippen LogP contribution in [0.5, 0.6) is 0 Å². The van der Waals surface area contributed by atoms with Crippen molar-refractivity contribution in [1.29, 1.82) is 0 Å². The molecule has 26 heavy (non-hydrogen) atoms. The third-order valence-corrected chi connectivity index (χ3v) is 4.36. The fourth-order valence-electron chi connectivity index (χ4n) is 3.13. The maximum absolute atomic E-state index is 12.7. The Morgan fingerprint density at radius 2 is 2.08 bits per heavy atom. The molecule has 7 heteroatoms. The molecular formula is C19H26N4O3. The molecule has 0 radical (unpaired) electrons. The Hall–Kier alpha value is -2.57. The van der Waals surface area contributed by atoms with E-state index in [-0.39, 0.29) is 11.9 Å². The number of hydrogen-bond donors (Lipinski definition) is 2. The van der Waals surface area contributed by atoms with E-state index in [1.165, 1.54) is 4.90 Å². The Morgan fingerprint density at radius 1 is 1.35 bits per heavy atom. The predicted octanol–water partition coefficient (Wildman–Crippen LogP) is 3.14. The van der Waals surface area contributed by atoms with Gasteiger partial charge in [0.1, 0.15) is 17.5 Å². The third kappa shape index (κ3) is 3.98. The Balaban J connectivity index is 1.67. The number of rotatable bonds is 3. The summed E-state index contributed by atoms with van der Waals surface area (Å²) in [7, 11) is 0. The molecule has 2 amide bonds. The number of benzene rings is 1. The Bertz CT molecular complexity index is 775. The minimum atomic E-state index is -0.581. The second-order valence-corrected chi connectivity index (χ2v) is 7.70. The monoisotopic (exact) mass is 358 g/mol. The van der Waals surface area contributed by atoms with E-state index in [9.17, 15) is 9.59 Å². The molecule has 0 saturated carbocycles. The van der Waals surface area contributed by atoms with E-state index >= 15 is 0 Å². The highest BCUT2D eigenvalue weighted by atomic mass is 16.6. The van der Waals surface area contributed by atoms with Crippen molar-refractivity contribution in [1.82, 2.24) is 20.2 Å². The zero-order valence-electron chi connectivity index (χ0n) is 15.7. The van der Waals surface area contributed by atoms with Crippen LogP contribution < -0.4 is 5.32 Å². The quantitative estimate of drug-likeness (QED) is 0.882. The van der Waals surface area contributed by atoms with Crippen molar-refractivity contribution in [2.24, 2.45) is 0 Å². The van der Waals surface area contributed by atoms with E-state index in [0.717, 1.165) is 17.5 Å². The van der Waals surface area contributed by atoms with Gasteiger partial charge in [-0.05, 0) is 52.7 Å². The van der Waals surface area contributed by atoms with Gasteiger partial charge in [-0.25, -0.2) is 9.78 Å². The number of H-pyrrole nitrogens is 1. The average molecular weight is 358 g/mol. The summed E-state index contributed by atoms with van der Waals surface area (Å²) in [6.07, 6.45) is 0.986. The maximum Gasteiger partial charge on any atom is 0.410 e. The molecule has 2 atom stereocenters. The van der Waals surface area contributed by atoms with Crippen molar-refractivity contribution in [2.75, 3.05) is 6.54 Å². The van der Waals surface area contributed by atoms with Crippen molar-refractivity contribution in [3.63, 3.8) is 0 Å². The number of amides is 2. The lowest BCUT2D eigenvalue weighted by atomic mass is 10.2. The summed E-state index contributed by atoms with van der Waals surface area (Å²) in [6, 6.07) is 6.94. The molecular weight excluding hydrogens is 332 g/mol. The van der Waals surface area contributed by atoms with Crippen LogP contribution in [0.1, 0.15) is 52.4 Å². The van der Waals surface area contributed by atoms with Gasteiger partial charge in [-0.3, -0.25) is 9.69 Å². The summed E-state index contributed by atoms with van der Waals surface area (Å²) in [6.45, 7) is 7.87. The van der Waals surface area contributed by atoms with Crippen LogP contribution in [0.4, 0.5) is 4.79 Å². The third-order valence-electron chi connectivity index (χ3n) is 4.36. The summed E-state index contributed by atoms with van der Waals surface area (Å²) in [5.41, 5.74) is 1.21. The van der Waals surface area contributed by atoms with Crippen LogP contribution in [0, 0.1) is 0 Å². The number of aromatic amines is 1. The van der Waals surface area contributed by atoms with Crippen LogP contribution in [0.2, 0.25) is 0 Å². The molecule has 1 fully saturated rings. The average Bonchev–Trinajstić information content (AvgIpc) is 3.20. The molecule has 1 saturated heterocycles. The Morgan fingerprint density at radius 3 is 2.77 bits per heavy atom. The van der Waals surface area contributed by atoms with Gasteiger partial charge in [0.15, 0.2) is 0 Å². The molecule has 0 aliphatic carbocycles. The highest BCUT2D eigenvalue weighted by Crippen LogP contribution is 2.22. The first-order valence-electron chi connectivity index (χ1n) is 8.99. The molecule has 1 aliphatic rings. The zero-order chi connectivity index (χ0) is 18.9. The van der Waals surface area contributed by atoms with Crippen molar-refractivity contribution >= 4 is 23.0 Å². The molecule has 1 aromatic heterocycles. The second kappa shape index (κ2) is 6.97. The molecule has 2 N–H and O–H groups in total. The first kappa shape index (κ1) is 18.2. The second-order valence-electron chi connectivity index (χ2n) is 7.70. The Kier molecular flexibility index (Phi) is 4.89. The minimum Gasteiger partial charge on any atom is -0.444 e.